The van der Waals surface area contributed by atoms with Gasteiger partial charge in [0.25, 0.3) is 5.91 Å². The van der Waals surface area contributed by atoms with Gasteiger partial charge in [-0.15, -0.1) is 0 Å². The van der Waals surface area contributed by atoms with E-state index in [1.165, 1.54) is 0 Å². The quantitative estimate of drug-likeness (QED) is 0.773. The third-order valence-corrected chi connectivity index (χ3v) is 5.19. The number of nitrogens with one attached hydrogen (secondary N) is 1. The van der Waals surface area contributed by atoms with Crippen LogP contribution in [-0.4, -0.2) is 42.8 Å². The predicted octanol–water partition coefficient (Wildman–Crippen LogP) is 1.89. The van der Waals surface area contributed by atoms with E-state index in [0.29, 0.717) is 23.5 Å². The number of pyridine rings is 1. The molecular weight excluding hydrogens is 324 g/mol. The Bertz CT molecular complexity index is 966. The van der Waals surface area contributed by atoms with Gasteiger partial charge in [0.05, 0.1) is 21.2 Å². The molecule has 1 atom stereocenters. The number of rotatable bonds is 2. The molecule has 1 aliphatic heterocycles. The van der Waals surface area contributed by atoms with Gasteiger partial charge < -0.3 is 9.88 Å². The number of carbonyl (C=O) groups excluding carboxylic acids is 1. The highest BCUT2D eigenvalue weighted by atomic mass is 32.2. The van der Waals surface area contributed by atoms with Gasteiger partial charge >= 0.3 is 0 Å². The fourth-order valence-corrected chi connectivity index (χ4v) is 3.73. The molecule has 0 saturated carbocycles. The van der Waals surface area contributed by atoms with Crippen LogP contribution >= 0.6 is 0 Å². The monoisotopic (exact) mass is 340 g/mol. The summed E-state index contributed by atoms with van der Waals surface area (Å²) < 4.78 is 11.8. The Labute approximate surface area is 141 Å². The summed E-state index contributed by atoms with van der Waals surface area (Å²) in [5.41, 5.74) is 3.45. The van der Waals surface area contributed by atoms with Crippen LogP contribution in [0.25, 0.3) is 11.0 Å². The van der Waals surface area contributed by atoms with Gasteiger partial charge in [-0.25, -0.2) is 4.98 Å². The normalized spacial score (nSPS) is 15.3. The molecule has 1 aromatic carbocycles. The van der Waals surface area contributed by atoms with E-state index in [-0.39, 0.29) is 11.7 Å². The zero-order chi connectivity index (χ0) is 16.7. The smallest absolute Gasteiger partial charge is 0.289 e. The van der Waals surface area contributed by atoms with E-state index in [1.54, 1.807) is 23.4 Å². The van der Waals surface area contributed by atoms with E-state index < -0.39 is 10.8 Å². The summed E-state index contributed by atoms with van der Waals surface area (Å²) in [7, 11) is -1.15. The minimum absolute atomic E-state index is 0.145. The Morgan fingerprint density at radius 2 is 2.17 bits per heavy atom. The number of aromatic amines is 1. The number of hydrogen-bond acceptors (Lipinski definition) is 4. The molecule has 1 amide bonds. The molecule has 0 radical (unpaired) electrons. The van der Waals surface area contributed by atoms with Gasteiger partial charge in [0.1, 0.15) is 5.52 Å². The van der Waals surface area contributed by atoms with Crippen LogP contribution in [0.2, 0.25) is 0 Å². The Balaban J connectivity index is 1.67. The highest BCUT2D eigenvalue weighted by Gasteiger charge is 2.25. The van der Waals surface area contributed by atoms with Gasteiger partial charge in [-0.3, -0.25) is 14.0 Å². The summed E-state index contributed by atoms with van der Waals surface area (Å²) in [4.78, 5) is 27.0. The summed E-state index contributed by atoms with van der Waals surface area (Å²) in [6.45, 7) is 1.15. The minimum Gasteiger partial charge on any atom is -0.334 e. The number of imidazole rings is 1. The number of nitrogens with zero attached hydrogens (tertiary/aromatic N) is 3. The summed E-state index contributed by atoms with van der Waals surface area (Å²) in [6.07, 6.45) is 4.13. The zero-order valence-corrected chi connectivity index (χ0v) is 14.0. The van der Waals surface area contributed by atoms with Crippen molar-refractivity contribution in [1.82, 2.24) is 19.9 Å². The first-order chi connectivity index (χ1) is 11.6. The Morgan fingerprint density at radius 1 is 1.29 bits per heavy atom. The van der Waals surface area contributed by atoms with Crippen molar-refractivity contribution in [2.24, 2.45) is 0 Å². The van der Waals surface area contributed by atoms with Gasteiger partial charge in [-0.2, -0.15) is 0 Å². The molecular formula is C17H16N4O2S. The maximum atomic E-state index is 12.8. The number of carbonyl (C=O) groups is 1. The number of H-pyrrole nitrogens is 1. The highest BCUT2D eigenvalue weighted by molar-refractivity contribution is 7.84. The second kappa shape index (κ2) is 5.83. The number of amides is 1. The first-order valence-electron chi connectivity index (χ1n) is 7.67. The van der Waals surface area contributed by atoms with Crippen molar-refractivity contribution >= 4 is 27.7 Å². The maximum Gasteiger partial charge on any atom is 0.289 e. The van der Waals surface area contributed by atoms with Crippen molar-refractivity contribution < 1.29 is 9.00 Å². The largest absolute Gasteiger partial charge is 0.334 e. The van der Waals surface area contributed by atoms with Crippen LogP contribution < -0.4 is 0 Å². The number of fused-ring (bicyclic) bond motifs is 2. The lowest BCUT2D eigenvalue weighted by atomic mass is 10.1. The molecule has 4 rings (SSSR count). The number of aromatic nitrogens is 3. The van der Waals surface area contributed by atoms with E-state index in [9.17, 15) is 9.00 Å². The van der Waals surface area contributed by atoms with Gasteiger partial charge in [-0.05, 0) is 23.8 Å². The first kappa shape index (κ1) is 15.0. The van der Waals surface area contributed by atoms with E-state index in [0.717, 1.165) is 23.2 Å². The molecule has 6 nitrogen and oxygen atoms in total. The second-order valence-electron chi connectivity index (χ2n) is 5.78. The summed E-state index contributed by atoms with van der Waals surface area (Å²) >= 11 is 0. The molecule has 3 aromatic rings. The first-order valence-corrected chi connectivity index (χ1v) is 9.23. The van der Waals surface area contributed by atoms with Crippen molar-refractivity contribution in [3.63, 3.8) is 0 Å². The molecule has 0 bridgehead atoms. The standard InChI is InChI=1S/C17H16N4O2S/c1-24(23)14-6-2-5-13-15(14)20-16(19-13)17(22)21-9-7-12-11(10-21)4-3-8-18-12/h2-6,8H,7,9-10H2,1H3,(H,19,20). The molecule has 0 spiro atoms. The molecule has 1 aliphatic rings. The van der Waals surface area contributed by atoms with Crippen LogP contribution in [0.15, 0.2) is 41.4 Å². The molecule has 24 heavy (non-hydrogen) atoms. The molecule has 1 unspecified atom stereocenters. The van der Waals surface area contributed by atoms with Gasteiger partial charge in [-0.1, -0.05) is 12.1 Å². The lowest BCUT2D eigenvalue weighted by molar-refractivity contribution is 0.0722. The van der Waals surface area contributed by atoms with Crippen molar-refractivity contribution in [3.05, 3.63) is 53.6 Å². The molecule has 0 aliphatic carbocycles. The molecule has 1 N–H and O–H groups in total. The zero-order valence-electron chi connectivity index (χ0n) is 13.2. The van der Waals surface area contributed by atoms with Crippen LogP contribution in [0.4, 0.5) is 0 Å². The Kier molecular flexibility index (Phi) is 3.65. The third-order valence-electron chi connectivity index (χ3n) is 4.24. The van der Waals surface area contributed by atoms with E-state index >= 15 is 0 Å². The van der Waals surface area contributed by atoms with Crippen LogP contribution in [0.5, 0.6) is 0 Å². The fraction of sp³-hybridized carbons (Fsp3) is 0.235. The van der Waals surface area contributed by atoms with Gasteiger partial charge in [0.2, 0.25) is 0 Å². The Morgan fingerprint density at radius 3 is 3.00 bits per heavy atom. The van der Waals surface area contributed by atoms with Crippen LogP contribution in [0, 0.1) is 0 Å². The second-order valence-corrected chi connectivity index (χ2v) is 7.13. The average molecular weight is 340 g/mol. The predicted molar refractivity (Wildman–Crippen MR) is 91.1 cm³/mol. The third kappa shape index (κ3) is 2.50. The fourth-order valence-electron chi connectivity index (χ4n) is 3.03. The highest BCUT2D eigenvalue weighted by Crippen LogP contribution is 2.22. The number of hydrogen-bond donors (Lipinski definition) is 1. The lowest BCUT2D eigenvalue weighted by Gasteiger charge is -2.27. The SMILES string of the molecule is CS(=O)c1cccc2[nH]c(C(=O)N3CCc4ncccc4C3)nc12. The van der Waals surface area contributed by atoms with Crippen molar-refractivity contribution in [2.75, 3.05) is 12.8 Å². The molecule has 7 heteroatoms. The van der Waals surface area contributed by atoms with E-state index in [1.807, 2.05) is 24.3 Å². The summed E-state index contributed by atoms with van der Waals surface area (Å²) in [6, 6.07) is 9.31. The summed E-state index contributed by atoms with van der Waals surface area (Å²) in [5, 5.41) is 0. The van der Waals surface area contributed by atoms with Crippen LogP contribution in [0.3, 0.4) is 0 Å². The lowest BCUT2D eigenvalue weighted by Crippen LogP contribution is -2.36. The number of benzene rings is 1. The van der Waals surface area contributed by atoms with Crippen LogP contribution in [0.1, 0.15) is 21.9 Å². The average Bonchev–Trinajstić information content (AvgIpc) is 3.04. The van der Waals surface area contributed by atoms with Crippen molar-refractivity contribution in [1.29, 1.82) is 0 Å². The maximum absolute atomic E-state index is 12.8. The molecule has 0 fully saturated rings. The molecule has 2 aromatic heterocycles. The van der Waals surface area contributed by atoms with Crippen LogP contribution in [-0.2, 0) is 23.8 Å². The van der Waals surface area contributed by atoms with Gasteiger partial charge in [0, 0.05) is 37.7 Å². The summed E-state index contributed by atoms with van der Waals surface area (Å²) in [5.74, 6) is 0.142. The topological polar surface area (TPSA) is 79.0 Å². The Hall–Kier alpha value is -2.54. The van der Waals surface area contributed by atoms with Gasteiger partial charge in [0.15, 0.2) is 5.82 Å². The number of para-hydroxylation sites is 1. The minimum atomic E-state index is -1.15. The molecule has 0 saturated heterocycles. The molecule has 3 heterocycles. The molecule has 122 valence electrons. The van der Waals surface area contributed by atoms with Crippen molar-refractivity contribution in [3.8, 4) is 0 Å². The van der Waals surface area contributed by atoms with Crippen molar-refractivity contribution in [2.45, 2.75) is 17.9 Å². The van der Waals surface area contributed by atoms with E-state index in [4.69, 9.17) is 0 Å². The van der Waals surface area contributed by atoms with E-state index in [2.05, 4.69) is 15.0 Å².